The molecule has 3 aromatic rings. The number of aromatic nitrogens is 3. The standard InChI is InChI=1S/C17H15N3O3.C5H9NO2/c21-17(22)16-13-6-1-2-7-15(13)20(18-16)12-5-3-4-11(10-12)14-8-9-23-19-14;1-6-3-2-4(7)5(6)8/h3-5,8-10H,1-2,6-7H2,(H,21,22);4,7H,2-3H2,1H3. The van der Waals surface area contributed by atoms with Crippen LogP contribution in [0.5, 0.6) is 0 Å². The summed E-state index contributed by atoms with van der Waals surface area (Å²) in [6.07, 6.45) is 5.10. The maximum atomic E-state index is 11.5. The summed E-state index contributed by atoms with van der Waals surface area (Å²) >= 11 is 0. The number of amides is 1. The second-order valence-electron chi connectivity index (χ2n) is 7.70. The molecule has 0 spiro atoms. The average molecular weight is 424 g/mol. The highest BCUT2D eigenvalue weighted by molar-refractivity contribution is 5.87. The van der Waals surface area contributed by atoms with Crippen molar-refractivity contribution in [2.45, 2.75) is 38.2 Å². The summed E-state index contributed by atoms with van der Waals surface area (Å²) in [6, 6.07) is 9.52. The summed E-state index contributed by atoms with van der Waals surface area (Å²) in [5, 5.41) is 26.5. The van der Waals surface area contributed by atoms with Gasteiger partial charge in [-0.3, -0.25) is 4.79 Å². The van der Waals surface area contributed by atoms with Gasteiger partial charge in [-0.2, -0.15) is 5.10 Å². The third-order valence-corrected chi connectivity index (χ3v) is 5.61. The Morgan fingerprint density at radius 2 is 2.03 bits per heavy atom. The van der Waals surface area contributed by atoms with Crippen LogP contribution in [0.4, 0.5) is 0 Å². The molecule has 162 valence electrons. The molecule has 9 heteroatoms. The molecule has 2 aromatic heterocycles. The van der Waals surface area contributed by atoms with Crippen molar-refractivity contribution in [1.29, 1.82) is 0 Å². The number of hydrogen-bond acceptors (Lipinski definition) is 6. The number of carboxylic acids is 1. The van der Waals surface area contributed by atoms with E-state index in [0.717, 1.165) is 53.9 Å². The van der Waals surface area contributed by atoms with Crippen molar-refractivity contribution >= 4 is 11.9 Å². The van der Waals surface area contributed by atoms with Crippen LogP contribution in [0, 0.1) is 0 Å². The zero-order valence-corrected chi connectivity index (χ0v) is 17.2. The Morgan fingerprint density at radius 1 is 1.23 bits per heavy atom. The maximum absolute atomic E-state index is 11.5. The number of likely N-dealkylation sites (N-methyl/N-ethyl adjacent to an activating group) is 1. The normalized spacial score (nSPS) is 17.8. The second-order valence-corrected chi connectivity index (χ2v) is 7.70. The molecule has 1 aliphatic carbocycles. The molecule has 31 heavy (non-hydrogen) atoms. The number of hydrogen-bond donors (Lipinski definition) is 2. The van der Waals surface area contributed by atoms with Gasteiger partial charge in [0, 0.05) is 36.5 Å². The smallest absolute Gasteiger partial charge is 0.356 e. The molecule has 1 fully saturated rings. The molecule has 0 bridgehead atoms. The van der Waals surface area contributed by atoms with E-state index >= 15 is 0 Å². The summed E-state index contributed by atoms with van der Waals surface area (Å²) in [4.78, 5) is 23.6. The number of fused-ring (bicyclic) bond motifs is 1. The molecule has 0 radical (unpaired) electrons. The summed E-state index contributed by atoms with van der Waals surface area (Å²) in [6.45, 7) is 0.694. The maximum Gasteiger partial charge on any atom is 0.356 e. The molecule has 9 nitrogen and oxygen atoms in total. The van der Waals surface area contributed by atoms with Gasteiger partial charge in [-0.15, -0.1) is 0 Å². The fourth-order valence-electron chi connectivity index (χ4n) is 3.95. The fourth-order valence-corrected chi connectivity index (χ4v) is 3.95. The van der Waals surface area contributed by atoms with E-state index in [4.69, 9.17) is 9.63 Å². The van der Waals surface area contributed by atoms with Gasteiger partial charge in [0.1, 0.15) is 18.1 Å². The van der Waals surface area contributed by atoms with Crippen LogP contribution in [0.15, 0.2) is 41.1 Å². The van der Waals surface area contributed by atoms with E-state index < -0.39 is 12.1 Å². The van der Waals surface area contributed by atoms with Crippen molar-refractivity contribution in [1.82, 2.24) is 19.8 Å². The first-order valence-corrected chi connectivity index (χ1v) is 10.2. The molecule has 2 N–H and O–H groups in total. The molecule has 3 heterocycles. The van der Waals surface area contributed by atoms with E-state index in [2.05, 4.69) is 10.3 Å². The average Bonchev–Trinajstić information content (AvgIpc) is 3.51. The van der Waals surface area contributed by atoms with Crippen LogP contribution in [0.2, 0.25) is 0 Å². The Balaban J connectivity index is 0.000000245. The Hall–Kier alpha value is -3.46. The SMILES string of the molecule is CN1CCC(O)C1=O.O=C(O)c1nn(-c2cccc(-c3ccon3)c2)c2c1CCCC2. The number of carboxylic acid groups (broad SMARTS) is 1. The number of rotatable bonds is 3. The van der Waals surface area contributed by atoms with E-state index in [1.165, 1.54) is 11.2 Å². The van der Waals surface area contributed by atoms with Crippen LogP contribution in [0.3, 0.4) is 0 Å². The predicted octanol–water partition coefficient (Wildman–Crippen LogP) is 2.31. The van der Waals surface area contributed by atoms with Crippen LogP contribution >= 0.6 is 0 Å². The molecule has 1 aliphatic heterocycles. The van der Waals surface area contributed by atoms with E-state index in [1.54, 1.807) is 17.8 Å². The predicted molar refractivity (Wildman–Crippen MR) is 111 cm³/mol. The van der Waals surface area contributed by atoms with Gasteiger partial charge in [0.05, 0.1) is 5.69 Å². The third-order valence-electron chi connectivity index (χ3n) is 5.61. The van der Waals surface area contributed by atoms with Crippen LogP contribution in [-0.4, -0.2) is 61.6 Å². The van der Waals surface area contributed by atoms with Gasteiger partial charge in [-0.1, -0.05) is 17.3 Å². The van der Waals surface area contributed by atoms with Gasteiger partial charge in [-0.25, -0.2) is 9.48 Å². The van der Waals surface area contributed by atoms with E-state index in [1.807, 2.05) is 24.3 Å². The number of aromatic carboxylic acids is 1. The molecule has 1 saturated heterocycles. The van der Waals surface area contributed by atoms with Gasteiger partial charge < -0.3 is 19.6 Å². The number of benzene rings is 1. The second kappa shape index (κ2) is 8.73. The zero-order valence-electron chi connectivity index (χ0n) is 17.2. The van der Waals surface area contributed by atoms with Gasteiger partial charge >= 0.3 is 5.97 Å². The Morgan fingerprint density at radius 3 is 2.65 bits per heavy atom. The van der Waals surface area contributed by atoms with E-state index in [-0.39, 0.29) is 11.6 Å². The number of aliphatic hydroxyl groups is 1. The zero-order chi connectivity index (χ0) is 22.0. The van der Waals surface area contributed by atoms with Crippen molar-refractivity contribution in [3.63, 3.8) is 0 Å². The molecule has 1 unspecified atom stereocenters. The van der Waals surface area contributed by atoms with E-state index in [0.29, 0.717) is 13.0 Å². The third kappa shape index (κ3) is 4.22. The lowest BCUT2D eigenvalue weighted by Gasteiger charge is -2.14. The summed E-state index contributed by atoms with van der Waals surface area (Å²) in [5.74, 6) is -1.11. The van der Waals surface area contributed by atoms with Crippen molar-refractivity contribution in [3.8, 4) is 16.9 Å². The molecular weight excluding hydrogens is 400 g/mol. The monoisotopic (exact) mass is 424 g/mol. The number of likely N-dealkylation sites (tertiary alicyclic amines) is 1. The van der Waals surface area contributed by atoms with Crippen LogP contribution in [-0.2, 0) is 17.6 Å². The lowest BCUT2D eigenvalue weighted by Crippen LogP contribution is -2.24. The molecule has 0 saturated carbocycles. The van der Waals surface area contributed by atoms with Crippen molar-refractivity contribution in [2.75, 3.05) is 13.6 Å². The fraction of sp³-hybridized carbons (Fsp3) is 0.364. The minimum absolute atomic E-state index is 0.148. The first-order chi connectivity index (χ1) is 15.0. The first-order valence-electron chi connectivity index (χ1n) is 10.2. The number of aliphatic hydroxyl groups excluding tert-OH is 1. The molecular formula is C22H24N4O5. The summed E-state index contributed by atoms with van der Waals surface area (Å²) in [7, 11) is 1.69. The van der Waals surface area contributed by atoms with Gasteiger partial charge in [0.2, 0.25) is 0 Å². The van der Waals surface area contributed by atoms with Gasteiger partial charge in [0.15, 0.2) is 5.69 Å². The Kier molecular flexibility index (Phi) is 5.85. The molecule has 1 aromatic carbocycles. The van der Waals surface area contributed by atoms with Crippen LogP contribution < -0.4 is 0 Å². The van der Waals surface area contributed by atoms with Crippen molar-refractivity contribution < 1.29 is 24.3 Å². The van der Waals surface area contributed by atoms with Crippen LogP contribution in [0.1, 0.15) is 41.0 Å². The lowest BCUT2D eigenvalue weighted by molar-refractivity contribution is -0.133. The highest BCUT2D eigenvalue weighted by Gasteiger charge is 2.26. The highest BCUT2D eigenvalue weighted by Crippen LogP contribution is 2.28. The number of nitrogens with zero attached hydrogens (tertiary/aromatic N) is 4. The summed E-state index contributed by atoms with van der Waals surface area (Å²) in [5.41, 5.74) is 4.55. The van der Waals surface area contributed by atoms with Gasteiger partial charge in [-0.05, 0) is 44.2 Å². The number of carbonyl (C=O) groups excluding carboxylic acids is 1. The molecule has 5 rings (SSSR count). The minimum atomic E-state index is -0.963. The van der Waals surface area contributed by atoms with E-state index in [9.17, 15) is 14.7 Å². The quantitative estimate of drug-likeness (QED) is 0.662. The molecule has 1 atom stereocenters. The number of carbonyl (C=O) groups is 2. The van der Waals surface area contributed by atoms with Crippen LogP contribution in [0.25, 0.3) is 16.9 Å². The lowest BCUT2D eigenvalue weighted by atomic mass is 9.95. The summed E-state index contributed by atoms with van der Waals surface area (Å²) < 4.78 is 6.66. The largest absolute Gasteiger partial charge is 0.476 e. The topological polar surface area (TPSA) is 122 Å². The highest BCUT2D eigenvalue weighted by atomic mass is 16.5. The van der Waals surface area contributed by atoms with Crippen molar-refractivity contribution in [2.24, 2.45) is 0 Å². The first kappa shape index (κ1) is 20.8. The minimum Gasteiger partial charge on any atom is -0.476 e. The van der Waals surface area contributed by atoms with Gasteiger partial charge in [0.25, 0.3) is 5.91 Å². The Labute approximate surface area is 178 Å². The Bertz CT molecular complexity index is 1080. The molecule has 2 aliphatic rings. The molecule has 1 amide bonds. The van der Waals surface area contributed by atoms with Crippen molar-refractivity contribution in [3.05, 3.63) is 53.5 Å².